The molecule has 0 spiro atoms. The van der Waals surface area contributed by atoms with Gasteiger partial charge in [0.05, 0.1) is 30.7 Å². The Bertz CT molecular complexity index is 1160. The molecule has 1 heterocycles. The van der Waals surface area contributed by atoms with E-state index in [4.69, 9.17) is 9.47 Å². The first kappa shape index (κ1) is 24.3. The van der Waals surface area contributed by atoms with E-state index in [1.54, 1.807) is 50.4 Å². The van der Waals surface area contributed by atoms with Gasteiger partial charge >= 0.3 is 5.97 Å². The van der Waals surface area contributed by atoms with Gasteiger partial charge in [-0.2, -0.15) is 0 Å². The lowest BCUT2D eigenvalue weighted by molar-refractivity contribution is 0.0526. The molecule has 182 valence electrons. The van der Waals surface area contributed by atoms with Crippen LogP contribution in [0.5, 0.6) is 5.75 Å². The van der Waals surface area contributed by atoms with Crippen molar-refractivity contribution < 1.29 is 19.1 Å². The molecule has 3 aromatic rings. The van der Waals surface area contributed by atoms with Crippen LogP contribution in [0.15, 0.2) is 72.8 Å². The molecular formula is C28H31N3O4. The highest BCUT2D eigenvalue weighted by atomic mass is 16.5. The van der Waals surface area contributed by atoms with Crippen LogP contribution < -0.4 is 15.0 Å². The number of nitrogens with one attached hydrogen (secondary N) is 1. The Kier molecular flexibility index (Phi) is 8.00. The Labute approximate surface area is 206 Å². The summed E-state index contributed by atoms with van der Waals surface area (Å²) in [5.74, 6) is -0.0785. The van der Waals surface area contributed by atoms with Crippen LogP contribution in [-0.2, 0) is 11.3 Å². The number of benzene rings is 3. The Morgan fingerprint density at radius 2 is 1.66 bits per heavy atom. The van der Waals surface area contributed by atoms with E-state index in [0.29, 0.717) is 22.6 Å². The Morgan fingerprint density at radius 3 is 2.37 bits per heavy atom. The summed E-state index contributed by atoms with van der Waals surface area (Å²) < 4.78 is 10.4. The maximum Gasteiger partial charge on any atom is 0.338 e. The minimum absolute atomic E-state index is 0.270. The maximum atomic E-state index is 13.1. The van der Waals surface area contributed by atoms with Crippen LogP contribution >= 0.6 is 0 Å². The number of methoxy groups -OCH3 is 1. The number of carbonyl (C=O) groups excluding carboxylic acids is 2. The van der Waals surface area contributed by atoms with Crippen molar-refractivity contribution in [1.29, 1.82) is 0 Å². The second-order valence-corrected chi connectivity index (χ2v) is 8.39. The molecule has 0 saturated carbocycles. The zero-order chi connectivity index (χ0) is 24.6. The van der Waals surface area contributed by atoms with E-state index < -0.39 is 5.97 Å². The van der Waals surface area contributed by atoms with Crippen LogP contribution in [0.25, 0.3) is 0 Å². The molecule has 35 heavy (non-hydrogen) atoms. The van der Waals surface area contributed by atoms with Gasteiger partial charge in [0, 0.05) is 38.3 Å². The van der Waals surface area contributed by atoms with Gasteiger partial charge in [-0.25, -0.2) is 4.79 Å². The molecular weight excluding hydrogens is 442 g/mol. The normalized spacial score (nSPS) is 13.8. The van der Waals surface area contributed by atoms with Gasteiger partial charge in [0.15, 0.2) is 0 Å². The monoisotopic (exact) mass is 473 g/mol. The number of amides is 1. The topological polar surface area (TPSA) is 71.1 Å². The van der Waals surface area contributed by atoms with Crippen LogP contribution in [0, 0.1) is 0 Å². The predicted octanol–water partition coefficient (Wildman–Crippen LogP) is 4.45. The van der Waals surface area contributed by atoms with E-state index in [2.05, 4.69) is 39.4 Å². The summed E-state index contributed by atoms with van der Waals surface area (Å²) in [7, 11) is 1.56. The third-order valence-electron chi connectivity index (χ3n) is 6.05. The summed E-state index contributed by atoms with van der Waals surface area (Å²) in [6, 6.07) is 22.8. The van der Waals surface area contributed by atoms with Crippen molar-refractivity contribution >= 4 is 23.3 Å². The lowest BCUT2D eigenvalue weighted by Gasteiger charge is -2.37. The average molecular weight is 474 g/mol. The van der Waals surface area contributed by atoms with Crippen molar-refractivity contribution in [3.63, 3.8) is 0 Å². The fraction of sp³-hybridized carbons (Fsp3) is 0.286. The van der Waals surface area contributed by atoms with E-state index in [9.17, 15) is 9.59 Å². The Morgan fingerprint density at radius 1 is 0.886 bits per heavy atom. The summed E-state index contributed by atoms with van der Waals surface area (Å²) in [5, 5.41) is 3.01. The summed E-state index contributed by atoms with van der Waals surface area (Å²) in [6.45, 7) is 6.40. The van der Waals surface area contributed by atoms with Crippen LogP contribution in [0.3, 0.4) is 0 Å². The molecule has 0 aliphatic carbocycles. The molecule has 0 radical (unpaired) electrons. The zero-order valence-corrected chi connectivity index (χ0v) is 20.2. The quantitative estimate of drug-likeness (QED) is 0.488. The third-order valence-corrected chi connectivity index (χ3v) is 6.05. The van der Waals surface area contributed by atoms with Gasteiger partial charge in [-0.1, -0.05) is 36.4 Å². The van der Waals surface area contributed by atoms with Crippen LogP contribution in [0.2, 0.25) is 0 Å². The van der Waals surface area contributed by atoms with Gasteiger partial charge in [-0.15, -0.1) is 0 Å². The van der Waals surface area contributed by atoms with Gasteiger partial charge in [0.1, 0.15) is 5.75 Å². The standard InChI is InChI=1S/C28H31N3O4/c1-3-35-28(33)23-12-13-26(25(19-23)29-27(32)22-10-7-11-24(18-22)34-2)31-16-14-30(15-17-31)20-21-8-5-4-6-9-21/h4-13,18-19H,3,14-17,20H2,1-2H3,(H,29,32). The first-order valence-electron chi connectivity index (χ1n) is 11.8. The molecule has 1 fully saturated rings. The van der Waals surface area contributed by atoms with Crippen molar-refractivity contribution in [2.24, 2.45) is 0 Å². The van der Waals surface area contributed by atoms with E-state index in [1.165, 1.54) is 5.56 Å². The minimum Gasteiger partial charge on any atom is -0.497 e. The van der Waals surface area contributed by atoms with Crippen molar-refractivity contribution in [3.8, 4) is 5.75 Å². The number of anilines is 2. The fourth-order valence-corrected chi connectivity index (χ4v) is 4.20. The molecule has 1 saturated heterocycles. The fourth-order valence-electron chi connectivity index (χ4n) is 4.20. The molecule has 7 nitrogen and oxygen atoms in total. The SMILES string of the molecule is CCOC(=O)c1ccc(N2CCN(Cc3ccccc3)CC2)c(NC(=O)c2cccc(OC)c2)c1. The van der Waals surface area contributed by atoms with Crippen molar-refractivity contribution in [2.75, 3.05) is 50.1 Å². The summed E-state index contributed by atoms with van der Waals surface area (Å²) in [5.41, 5.74) is 3.64. The molecule has 0 aromatic heterocycles. The minimum atomic E-state index is -0.413. The smallest absolute Gasteiger partial charge is 0.338 e. The number of nitrogens with zero attached hydrogens (tertiary/aromatic N) is 2. The molecule has 1 aliphatic heterocycles. The predicted molar refractivity (Wildman–Crippen MR) is 137 cm³/mol. The third kappa shape index (κ3) is 6.19. The molecule has 0 bridgehead atoms. The second-order valence-electron chi connectivity index (χ2n) is 8.39. The molecule has 1 N–H and O–H groups in total. The van der Waals surface area contributed by atoms with Crippen LogP contribution in [0.1, 0.15) is 33.2 Å². The summed E-state index contributed by atoms with van der Waals surface area (Å²) in [4.78, 5) is 30.1. The number of hydrogen-bond donors (Lipinski definition) is 1. The Hall–Kier alpha value is -3.84. The van der Waals surface area contributed by atoms with Gasteiger partial charge < -0.3 is 19.7 Å². The zero-order valence-electron chi connectivity index (χ0n) is 20.2. The highest BCUT2D eigenvalue weighted by Gasteiger charge is 2.22. The molecule has 7 heteroatoms. The van der Waals surface area contributed by atoms with Gasteiger partial charge in [0.2, 0.25) is 0 Å². The maximum absolute atomic E-state index is 13.1. The largest absolute Gasteiger partial charge is 0.497 e. The van der Waals surface area contributed by atoms with E-state index in [0.717, 1.165) is 38.4 Å². The number of hydrogen-bond acceptors (Lipinski definition) is 6. The molecule has 1 aliphatic rings. The number of ether oxygens (including phenoxy) is 2. The van der Waals surface area contributed by atoms with E-state index in [-0.39, 0.29) is 12.5 Å². The first-order valence-corrected chi connectivity index (χ1v) is 11.8. The second kappa shape index (κ2) is 11.5. The van der Waals surface area contributed by atoms with Gasteiger partial charge in [0.25, 0.3) is 5.91 Å². The van der Waals surface area contributed by atoms with Gasteiger partial charge in [-0.05, 0) is 48.9 Å². The molecule has 0 unspecified atom stereocenters. The molecule has 0 atom stereocenters. The lowest BCUT2D eigenvalue weighted by Crippen LogP contribution is -2.46. The summed E-state index contributed by atoms with van der Waals surface area (Å²) in [6.07, 6.45) is 0. The van der Waals surface area contributed by atoms with Crippen molar-refractivity contribution in [1.82, 2.24) is 4.90 Å². The highest BCUT2D eigenvalue weighted by molar-refractivity contribution is 6.07. The van der Waals surface area contributed by atoms with Crippen LogP contribution in [0.4, 0.5) is 11.4 Å². The van der Waals surface area contributed by atoms with E-state index in [1.807, 2.05) is 12.1 Å². The average Bonchev–Trinajstić information content (AvgIpc) is 2.90. The lowest BCUT2D eigenvalue weighted by atomic mass is 10.1. The number of esters is 1. The van der Waals surface area contributed by atoms with Crippen molar-refractivity contribution in [3.05, 3.63) is 89.5 Å². The molecule has 4 rings (SSSR count). The summed E-state index contributed by atoms with van der Waals surface area (Å²) >= 11 is 0. The Balaban J connectivity index is 1.53. The van der Waals surface area contributed by atoms with Gasteiger partial charge in [-0.3, -0.25) is 9.69 Å². The van der Waals surface area contributed by atoms with E-state index >= 15 is 0 Å². The molecule has 1 amide bonds. The van der Waals surface area contributed by atoms with Crippen LogP contribution in [-0.4, -0.2) is 56.7 Å². The highest BCUT2D eigenvalue weighted by Crippen LogP contribution is 2.30. The molecule has 3 aromatic carbocycles. The number of rotatable bonds is 8. The number of piperazine rings is 1. The first-order chi connectivity index (χ1) is 17.1. The van der Waals surface area contributed by atoms with Crippen molar-refractivity contribution in [2.45, 2.75) is 13.5 Å². The number of carbonyl (C=O) groups is 2.